The van der Waals surface area contributed by atoms with Crippen molar-refractivity contribution >= 4 is 5.78 Å². The Balaban J connectivity index is 1.72. The van der Waals surface area contributed by atoms with Gasteiger partial charge >= 0.3 is 0 Å². The molecular weight excluding hydrogens is 248 g/mol. The van der Waals surface area contributed by atoms with Crippen LogP contribution in [-0.4, -0.2) is 54.3 Å². The van der Waals surface area contributed by atoms with Crippen LogP contribution >= 0.6 is 0 Å². The molecule has 0 aliphatic carbocycles. The molecule has 0 aromatic heterocycles. The van der Waals surface area contributed by atoms with Crippen LogP contribution in [0.15, 0.2) is 30.3 Å². The van der Waals surface area contributed by atoms with Crippen molar-refractivity contribution in [3.05, 3.63) is 35.9 Å². The van der Waals surface area contributed by atoms with Gasteiger partial charge < -0.3 is 4.90 Å². The number of piperazine rings is 1. The van der Waals surface area contributed by atoms with Gasteiger partial charge in [-0.2, -0.15) is 0 Å². The summed E-state index contributed by atoms with van der Waals surface area (Å²) in [6.07, 6.45) is 1.85. The molecule has 1 aliphatic rings. The first kappa shape index (κ1) is 15.2. The number of benzene rings is 1. The summed E-state index contributed by atoms with van der Waals surface area (Å²) < 4.78 is 0. The van der Waals surface area contributed by atoms with E-state index in [4.69, 9.17) is 0 Å². The molecule has 3 heteroatoms. The number of rotatable bonds is 6. The maximum atomic E-state index is 12.1. The van der Waals surface area contributed by atoms with E-state index in [2.05, 4.69) is 23.6 Å². The third kappa shape index (κ3) is 4.15. The van der Waals surface area contributed by atoms with Crippen LogP contribution < -0.4 is 0 Å². The Hall–Kier alpha value is -1.19. The van der Waals surface area contributed by atoms with Crippen molar-refractivity contribution in [1.29, 1.82) is 0 Å². The van der Waals surface area contributed by atoms with Crippen molar-refractivity contribution < 1.29 is 4.79 Å². The molecule has 1 heterocycles. The molecule has 1 atom stereocenters. The summed E-state index contributed by atoms with van der Waals surface area (Å²) in [5.74, 6) is 0.259. The Kier molecular flexibility index (Phi) is 5.74. The van der Waals surface area contributed by atoms with Crippen molar-refractivity contribution in [1.82, 2.24) is 9.80 Å². The van der Waals surface area contributed by atoms with Gasteiger partial charge in [-0.15, -0.1) is 0 Å². The van der Waals surface area contributed by atoms with Crippen molar-refractivity contribution in [2.24, 2.45) is 0 Å². The summed E-state index contributed by atoms with van der Waals surface area (Å²) in [6, 6.07) is 10.3. The number of carbonyl (C=O) groups is 1. The van der Waals surface area contributed by atoms with Crippen LogP contribution in [0.2, 0.25) is 0 Å². The molecule has 0 radical (unpaired) electrons. The summed E-state index contributed by atoms with van der Waals surface area (Å²) in [7, 11) is 0. The van der Waals surface area contributed by atoms with Crippen LogP contribution in [0.25, 0.3) is 0 Å². The molecule has 110 valence electrons. The predicted octanol–water partition coefficient (Wildman–Crippen LogP) is 2.68. The molecule has 0 amide bonds. The van der Waals surface area contributed by atoms with Crippen LogP contribution in [-0.2, 0) is 0 Å². The minimum Gasteiger partial charge on any atom is -0.300 e. The first-order chi connectivity index (χ1) is 9.70. The Bertz CT molecular complexity index is 410. The van der Waals surface area contributed by atoms with Gasteiger partial charge in [0.1, 0.15) is 0 Å². The molecule has 1 aromatic carbocycles. The SMILES string of the molecule is CCC(C)N1CCN(CCC(=O)c2ccccc2)CC1. The Morgan fingerprint density at radius 3 is 2.40 bits per heavy atom. The van der Waals surface area contributed by atoms with Gasteiger partial charge in [0.05, 0.1) is 0 Å². The van der Waals surface area contributed by atoms with Gasteiger partial charge in [-0.05, 0) is 13.3 Å². The van der Waals surface area contributed by atoms with Crippen LogP contribution in [0.1, 0.15) is 37.0 Å². The van der Waals surface area contributed by atoms with Gasteiger partial charge in [0.25, 0.3) is 0 Å². The van der Waals surface area contributed by atoms with E-state index in [0.29, 0.717) is 12.5 Å². The first-order valence-corrected chi connectivity index (χ1v) is 7.75. The number of carbonyl (C=O) groups excluding carboxylic acids is 1. The first-order valence-electron chi connectivity index (χ1n) is 7.75. The zero-order chi connectivity index (χ0) is 14.4. The maximum Gasteiger partial charge on any atom is 0.164 e. The second kappa shape index (κ2) is 7.55. The molecule has 20 heavy (non-hydrogen) atoms. The maximum absolute atomic E-state index is 12.1. The van der Waals surface area contributed by atoms with E-state index in [-0.39, 0.29) is 5.78 Å². The fraction of sp³-hybridized carbons (Fsp3) is 0.588. The topological polar surface area (TPSA) is 23.6 Å². The largest absolute Gasteiger partial charge is 0.300 e. The minimum absolute atomic E-state index is 0.259. The van der Waals surface area contributed by atoms with E-state index in [1.807, 2.05) is 30.3 Å². The number of hydrogen-bond acceptors (Lipinski definition) is 3. The fourth-order valence-electron chi connectivity index (χ4n) is 2.71. The molecule has 0 N–H and O–H groups in total. The van der Waals surface area contributed by atoms with Gasteiger partial charge in [-0.25, -0.2) is 0 Å². The average molecular weight is 274 g/mol. The van der Waals surface area contributed by atoms with Crippen LogP contribution in [0.5, 0.6) is 0 Å². The highest BCUT2D eigenvalue weighted by molar-refractivity contribution is 5.96. The molecule has 1 unspecified atom stereocenters. The third-order valence-electron chi connectivity index (χ3n) is 4.37. The molecule has 3 nitrogen and oxygen atoms in total. The van der Waals surface area contributed by atoms with E-state index in [0.717, 1.165) is 38.3 Å². The zero-order valence-corrected chi connectivity index (χ0v) is 12.7. The Morgan fingerprint density at radius 2 is 1.80 bits per heavy atom. The van der Waals surface area contributed by atoms with Gasteiger partial charge in [0, 0.05) is 50.7 Å². The number of hydrogen-bond donors (Lipinski definition) is 0. The molecule has 1 aromatic rings. The van der Waals surface area contributed by atoms with Crippen LogP contribution in [0.3, 0.4) is 0 Å². The third-order valence-corrected chi connectivity index (χ3v) is 4.37. The fourth-order valence-corrected chi connectivity index (χ4v) is 2.71. The van der Waals surface area contributed by atoms with Crippen LogP contribution in [0, 0.1) is 0 Å². The molecule has 2 rings (SSSR count). The van der Waals surface area contributed by atoms with Crippen molar-refractivity contribution in [2.75, 3.05) is 32.7 Å². The number of ketones is 1. The highest BCUT2D eigenvalue weighted by Gasteiger charge is 2.20. The highest BCUT2D eigenvalue weighted by Crippen LogP contribution is 2.10. The molecular formula is C17H26N2O. The van der Waals surface area contributed by atoms with Crippen LogP contribution in [0.4, 0.5) is 0 Å². The monoisotopic (exact) mass is 274 g/mol. The van der Waals surface area contributed by atoms with E-state index in [1.165, 1.54) is 6.42 Å². The van der Waals surface area contributed by atoms with Crippen molar-refractivity contribution in [3.8, 4) is 0 Å². The van der Waals surface area contributed by atoms with E-state index in [9.17, 15) is 4.79 Å². The quantitative estimate of drug-likeness (QED) is 0.745. The lowest BCUT2D eigenvalue weighted by Crippen LogP contribution is -2.49. The summed E-state index contributed by atoms with van der Waals surface area (Å²) in [6.45, 7) is 9.88. The molecule has 0 spiro atoms. The Labute approximate surface area is 122 Å². The lowest BCUT2D eigenvalue weighted by Gasteiger charge is -2.37. The van der Waals surface area contributed by atoms with Gasteiger partial charge in [0.2, 0.25) is 0 Å². The summed E-state index contributed by atoms with van der Waals surface area (Å²) in [5, 5.41) is 0. The van der Waals surface area contributed by atoms with Crippen molar-refractivity contribution in [2.45, 2.75) is 32.7 Å². The molecule has 1 saturated heterocycles. The lowest BCUT2D eigenvalue weighted by molar-refractivity contribution is 0.0866. The lowest BCUT2D eigenvalue weighted by atomic mass is 10.1. The van der Waals surface area contributed by atoms with E-state index in [1.54, 1.807) is 0 Å². The molecule has 0 bridgehead atoms. The van der Waals surface area contributed by atoms with Gasteiger partial charge in [-0.3, -0.25) is 9.69 Å². The average Bonchev–Trinajstić information content (AvgIpc) is 2.53. The van der Waals surface area contributed by atoms with E-state index >= 15 is 0 Å². The molecule has 1 fully saturated rings. The zero-order valence-electron chi connectivity index (χ0n) is 12.7. The highest BCUT2D eigenvalue weighted by atomic mass is 16.1. The number of nitrogens with zero attached hydrogens (tertiary/aromatic N) is 2. The standard InChI is InChI=1S/C17H26N2O/c1-3-15(2)19-13-11-18(12-14-19)10-9-17(20)16-7-5-4-6-8-16/h4-8,15H,3,9-14H2,1-2H3. The van der Waals surface area contributed by atoms with Gasteiger partial charge in [0.15, 0.2) is 5.78 Å². The summed E-state index contributed by atoms with van der Waals surface area (Å²) >= 11 is 0. The molecule has 1 aliphatic heterocycles. The normalized spacial score (nSPS) is 18.9. The second-order valence-corrected chi connectivity index (χ2v) is 5.67. The van der Waals surface area contributed by atoms with Crippen molar-refractivity contribution in [3.63, 3.8) is 0 Å². The van der Waals surface area contributed by atoms with Gasteiger partial charge in [-0.1, -0.05) is 37.3 Å². The Morgan fingerprint density at radius 1 is 1.15 bits per heavy atom. The predicted molar refractivity (Wildman–Crippen MR) is 83.2 cm³/mol. The minimum atomic E-state index is 0.259. The second-order valence-electron chi connectivity index (χ2n) is 5.67. The number of Topliss-reactive ketones (excluding diaryl/α,β-unsaturated/α-hetero) is 1. The smallest absolute Gasteiger partial charge is 0.164 e. The summed E-state index contributed by atoms with van der Waals surface area (Å²) in [4.78, 5) is 17.0. The van der Waals surface area contributed by atoms with E-state index < -0.39 is 0 Å². The summed E-state index contributed by atoms with van der Waals surface area (Å²) in [5.41, 5.74) is 0.839. The molecule has 0 saturated carbocycles.